The second kappa shape index (κ2) is 6.12. The van der Waals surface area contributed by atoms with Gasteiger partial charge in [0, 0.05) is 18.5 Å². The van der Waals surface area contributed by atoms with Crippen LogP contribution >= 0.6 is 0 Å². The Morgan fingerprint density at radius 2 is 1.90 bits per heavy atom. The summed E-state index contributed by atoms with van der Waals surface area (Å²) in [7, 11) is 0. The van der Waals surface area contributed by atoms with Gasteiger partial charge in [0.25, 0.3) is 0 Å². The molecule has 110 valence electrons. The van der Waals surface area contributed by atoms with Crippen molar-refractivity contribution in [3.8, 4) is 11.6 Å². The van der Waals surface area contributed by atoms with Crippen molar-refractivity contribution in [2.24, 2.45) is 0 Å². The Balaban J connectivity index is 1.82. The molecule has 1 aromatic heterocycles. The van der Waals surface area contributed by atoms with E-state index in [2.05, 4.69) is 41.3 Å². The summed E-state index contributed by atoms with van der Waals surface area (Å²) in [6, 6.07) is 10.0. The molecule has 1 aromatic carbocycles. The lowest BCUT2D eigenvalue weighted by Gasteiger charge is -2.10. The van der Waals surface area contributed by atoms with E-state index in [-0.39, 0.29) is 0 Å². The molecular formula is C17H21N3O. The summed E-state index contributed by atoms with van der Waals surface area (Å²) in [5.41, 5.74) is 1.30. The van der Waals surface area contributed by atoms with Crippen molar-refractivity contribution < 1.29 is 4.74 Å². The standard InChI is InChI=1S/C17H21N3O/c1-3-12-5-9-14(10-6-12)21-16-11-15(18-4-2)19-17(20-16)13-7-8-13/h5-6,9-11,13H,3-4,7-8H2,1-2H3,(H,18,19,20). The monoisotopic (exact) mass is 283 g/mol. The van der Waals surface area contributed by atoms with Crippen LogP contribution in [0.4, 0.5) is 5.82 Å². The number of ether oxygens (including phenoxy) is 1. The minimum atomic E-state index is 0.508. The Morgan fingerprint density at radius 1 is 1.14 bits per heavy atom. The SMILES string of the molecule is CCNc1cc(Oc2ccc(CC)cc2)nc(C2CC2)n1. The van der Waals surface area contributed by atoms with Crippen molar-refractivity contribution in [1.82, 2.24) is 9.97 Å². The number of anilines is 1. The third-order valence-electron chi connectivity index (χ3n) is 3.57. The van der Waals surface area contributed by atoms with Crippen LogP contribution in [0, 0.1) is 0 Å². The Kier molecular flexibility index (Phi) is 4.04. The molecule has 1 heterocycles. The van der Waals surface area contributed by atoms with Gasteiger partial charge in [0.1, 0.15) is 17.4 Å². The summed E-state index contributed by atoms with van der Waals surface area (Å²) in [4.78, 5) is 9.09. The van der Waals surface area contributed by atoms with Crippen LogP contribution in [-0.4, -0.2) is 16.5 Å². The van der Waals surface area contributed by atoms with E-state index in [0.29, 0.717) is 11.8 Å². The summed E-state index contributed by atoms with van der Waals surface area (Å²) in [5, 5.41) is 3.24. The molecule has 1 fully saturated rings. The van der Waals surface area contributed by atoms with Crippen LogP contribution in [0.3, 0.4) is 0 Å². The molecule has 4 nitrogen and oxygen atoms in total. The highest BCUT2D eigenvalue weighted by atomic mass is 16.5. The van der Waals surface area contributed by atoms with Crippen molar-refractivity contribution in [3.63, 3.8) is 0 Å². The largest absolute Gasteiger partial charge is 0.439 e. The number of benzene rings is 1. The van der Waals surface area contributed by atoms with E-state index >= 15 is 0 Å². The van der Waals surface area contributed by atoms with E-state index in [0.717, 1.165) is 30.4 Å². The van der Waals surface area contributed by atoms with Crippen molar-refractivity contribution >= 4 is 5.82 Å². The molecule has 4 heteroatoms. The van der Waals surface area contributed by atoms with Crippen LogP contribution < -0.4 is 10.1 Å². The van der Waals surface area contributed by atoms with Crippen LogP contribution in [-0.2, 0) is 6.42 Å². The molecule has 0 bridgehead atoms. The molecule has 1 aliphatic carbocycles. The maximum atomic E-state index is 5.89. The first-order chi connectivity index (χ1) is 10.3. The van der Waals surface area contributed by atoms with Crippen molar-refractivity contribution in [2.45, 2.75) is 39.0 Å². The third kappa shape index (κ3) is 3.51. The van der Waals surface area contributed by atoms with Gasteiger partial charge in [0.2, 0.25) is 5.88 Å². The van der Waals surface area contributed by atoms with Gasteiger partial charge in [-0.25, -0.2) is 4.98 Å². The number of aryl methyl sites for hydroxylation is 1. The first-order valence-corrected chi connectivity index (χ1v) is 7.68. The van der Waals surface area contributed by atoms with Crippen molar-refractivity contribution in [1.29, 1.82) is 0 Å². The molecule has 0 atom stereocenters. The van der Waals surface area contributed by atoms with Gasteiger partial charge in [-0.2, -0.15) is 4.98 Å². The molecule has 0 amide bonds. The predicted molar refractivity (Wildman–Crippen MR) is 84.1 cm³/mol. The Morgan fingerprint density at radius 3 is 2.52 bits per heavy atom. The zero-order chi connectivity index (χ0) is 14.7. The number of hydrogen-bond acceptors (Lipinski definition) is 4. The summed E-state index contributed by atoms with van der Waals surface area (Å²) in [5.74, 6) is 3.68. The first-order valence-electron chi connectivity index (χ1n) is 7.68. The molecule has 2 aromatic rings. The lowest BCUT2D eigenvalue weighted by molar-refractivity contribution is 0.459. The Labute approximate surface area is 125 Å². The molecule has 1 N–H and O–H groups in total. The summed E-state index contributed by atoms with van der Waals surface area (Å²) in [6.45, 7) is 5.04. The van der Waals surface area contributed by atoms with E-state index in [1.54, 1.807) is 0 Å². The number of aromatic nitrogens is 2. The average Bonchev–Trinajstić information content (AvgIpc) is 3.33. The number of nitrogens with one attached hydrogen (secondary N) is 1. The number of hydrogen-bond donors (Lipinski definition) is 1. The predicted octanol–water partition coefficient (Wildman–Crippen LogP) is 4.14. The molecule has 0 saturated heterocycles. The highest BCUT2D eigenvalue weighted by Crippen LogP contribution is 2.39. The molecule has 3 rings (SSSR count). The van der Waals surface area contributed by atoms with Gasteiger partial charge in [-0.1, -0.05) is 19.1 Å². The summed E-state index contributed by atoms with van der Waals surface area (Å²) in [6.07, 6.45) is 3.39. The number of nitrogens with zero attached hydrogens (tertiary/aromatic N) is 2. The van der Waals surface area contributed by atoms with Crippen LogP contribution in [0.2, 0.25) is 0 Å². The van der Waals surface area contributed by atoms with Gasteiger partial charge in [-0.3, -0.25) is 0 Å². The smallest absolute Gasteiger partial charge is 0.224 e. The van der Waals surface area contributed by atoms with E-state index < -0.39 is 0 Å². The Hall–Kier alpha value is -2.10. The van der Waals surface area contributed by atoms with Gasteiger partial charge >= 0.3 is 0 Å². The maximum Gasteiger partial charge on any atom is 0.224 e. The molecule has 1 aliphatic rings. The fourth-order valence-electron chi connectivity index (χ4n) is 2.20. The summed E-state index contributed by atoms with van der Waals surface area (Å²) >= 11 is 0. The van der Waals surface area contributed by atoms with E-state index in [9.17, 15) is 0 Å². The molecule has 21 heavy (non-hydrogen) atoms. The normalized spacial score (nSPS) is 14.0. The minimum absolute atomic E-state index is 0.508. The van der Waals surface area contributed by atoms with Crippen molar-refractivity contribution in [3.05, 3.63) is 41.7 Å². The molecule has 0 radical (unpaired) electrons. The minimum Gasteiger partial charge on any atom is -0.439 e. The van der Waals surface area contributed by atoms with E-state index in [4.69, 9.17) is 4.74 Å². The van der Waals surface area contributed by atoms with Crippen LogP contribution in [0.1, 0.15) is 44.0 Å². The lowest BCUT2D eigenvalue weighted by atomic mass is 10.2. The highest BCUT2D eigenvalue weighted by molar-refractivity contribution is 5.41. The van der Waals surface area contributed by atoms with Gasteiger partial charge in [0.15, 0.2) is 0 Å². The van der Waals surface area contributed by atoms with E-state index in [1.165, 1.54) is 18.4 Å². The Bertz CT molecular complexity index is 606. The van der Waals surface area contributed by atoms with Gasteiger partial charge in [-0.05, 0) is 43.9 Å². The van der Waals surface area contributed by atoms with Crippen LogP contribution in [0.25, 0.3) is 0 Å². The zero-order valence-electron chi connectivity index (χ0n) is 12.6. The third-order valence-corrected chi connectivity index (χ3v) is 3.57. The average molecular weight is 283 g/mol. The van der Waals surface area contributed by atoms with Crippen LogP contribution in [0.15, 0.2) is 30.3 Å². The maximum absolute atomic E-state index is 5.89. The molecular weight excluding hydrogens is 262 g/mol. The van der Waals surface area contributed by atoms with Crippen molar-refractivity contribution in [2.75, 3.05) is 11.9 Å². The number of rotatable bonds is 6. The summed E-state index contributed by atoms with van der Waals surface area (Å²) < 4.78 is 5.89. The van der Waals surface area contributed by atoms with Gasteiger partial charge < -0.3 is 10.1 Å². The molecule has 0 aliphatic heterocycles. The lowest BCUT2D eigenvalue weighted by Crippen LogP contribution is -2.04. The van der Waals surface area contributed by atoms with E-state index in [1.807, 2.05) is 18.2 Å². The second-order valence-electron chi connectivity index (χ2n) is 5.35. The van der Waals surface area contributed by atoms with Gasteiger partial charge in [-0.15, -0.1) is 0 Å². The highest BCUT2D eigenvalue weighted by Gasteiger charge is 2.27. The fourth-order valence-corrected chi connectivity index (χ4v) is 2.20. The molecule has 1 saturated carbocycles. The topological polar surface area (TPSA) is 47.0 Å². The molecule has 0 spiro atoms. The molecule has 0 unspecified atom stereocenters. The zero-order valence-corrected chi connectivity index (χ0v) is 12.6. The first kappa shape index (κ1) is 13.9. The second-order valence-corrected chi connectivity index (χ2v) is 5.35. The van der Waals surface area contributed by atoms with Crippen LogP contribution in [0.5, 0.6) is 11.6 Å². The fraction of sp³-hybridized carbons (Fsp3) is 0.412. The van der Waals surface area contributed by atoms with Gasteiger partial charge in [0.05, 0.1) is 0 Å². The quantitative estimate of drug-likeness (QED) is 0.865.